The number of nitrogens with one attached hydrogen (secondary N) is 2. The summed E-state index contributed by atoms with van der Waals surface area (Å²) in [6.45, 7) is 29.4. The highest BCUT2D eigenvalue weighted by Gasteiger charge is 2.37. The van der Waals surface area contributed by atoms with E-state index in [1.807, 2.05) is 18.3 Å². The number of anilines is 7. The molecule has 0 radical (unpaired) electrons. The third kappa shape index (κ3) is 8.87. The van der Waals surface area contributed by atoms with Gasteiger partial charge >= 0.3 is 0 Å². The Bertz CT molecular complexity index is 2820. The second-order valence-electron chi connectivity index (χ2n) is 20.7. The van der Waals surface area contributed by atoms with E-state index in [-0.39, 0.29) is 23.0 Å². The lowest BCUT2D eigenvalue weighted by atomic mass is 9.34. The predicted octanol–water partition coefficient (Wildman–Crippen LogP) is 13.8. The van der Waals surface area contributed by atoms with Gasteiger partial charge in [0.05, 0.1) is 11.4 Å². The van der Waals surface area contributed by atoms with Gasteiger partial charge in [0, 0.05) is 41.1 Å². The van der Waals surface area contributed by atoms with E-state index in [4.69, 9.17) is 9.72 Å². The molecule has 0 bridgehead atoms. The number of rotatable bonds is 8. The molecular weight excluding hydrogens is 767 g/mol. The van der Waals surface area contributed by atoms with Crippen LogP contribution in [0.1, 0.15) is 101 Å². The Morgan fingerprint density at radius 2 is 1.16 bits per heavy atom. The first-order chi connectivity index (χ1) is 29.8. The number of nitrogens with zero attached hydrogens (tertiary/aromatic N) is 2. The van der Waals surface area contributed by atoms with Crippen molar-refractivity contribution < 1.29 is 4.74 Å². The summed E-state index contributed by atoms with van der Waals surface area (Å²) in [7, 11) is 0. The van der Waals surface area contributed by atoms with Crippen LogP contribution in [0.3, 0.4) is 0 Å². The van der Waals surface area contributed by atoms with Crippen LogP contribution in [0.2, 0.25) is 0 Å². The van der Waals surface area contributed by atoms with Crippen LogP contribution >= 0.6 is 0 Å². The Balaban J connectivity index is 1.16. The van der Waals surface area contributed by atoms with Crippen molar-refractivity contribution >= 4 is 63.0 Å². The largest absolute Gasteiger partial charge is 0.457 e. The first-order valence-corrected chi connectivity index (χ1v) is 22.4. The summed E-state index contributed by atoms with van der Waals surface area (Å²) >= 11 is 0. The molecule has 1 aromatic heterocycles. The van der Waals surface area contributed by atoms with Gasteiger partial charge in [0.15, 0.2) is 0 Å². The monoisotopic (exact) mass is 831 g/mol. The molecule has 2 N–H and O–H groups in total. The van der Waals surface area contributed by atoms with E-state index in [2.05, 4.69) is 221 Å². The van der Waals surface area contributed by atoms with Crippen LogP contribution in [0.25, 0.3) is 0 Å². The Morgan fingerprint density at radius 3 is 1.84 bits per heavy atom. The van der Waals surface area contributed by atoms with E-state index in [1.165, 1.54) is 55.3 Å². The molecule has 0 unspecified atom stereocenters. The maximum atomic E-state index is 6.81. The van der Waals surface area contributed by atoms with Gasteiger partial charge in [-0.25, -0.2) is 4.98 Å². The molecule has 1 aliphatic heterocycles. The number of benzene rings is 6. The van der Waals surface area contributed by atoms with Gasteiger partial charge in [0.25, 0.3) is 0 Å². The molecule has 0 saturated carbocycles. The highest BCUT2D eigenvalue weighted by Crippen LogP contribution is 2.42. The lowest BCUT2D eigenvalue weighted by Crippen LogP contribution is -2.58. The van der Waals surface area contributed by atoms with Gasteiger partial charge in [-0.15, -0.1) is 0 Å². The Labute approximate surface area is 377 Å². The van der Waals surface area contributed by atoms with Crippen molar-refractivity contribution in [3.8, 4) is 11.5 Å². The lowest BCUT2D eigenvalue weighted by molar-refractivity contribution is 0.483. The molecule has 6 heteroatoms. The van der Waals surface area contributed by atoms with Gasteiger partial charge in [-0.2, -0.15) is 0 Å². The molecule has 0 aliphatic carbocycles. The van der Waals surface area contributed by atoms with Gasteiger partial charge in [-0.3, -0.25) is 4.90 Å². The average molecular weight is 831 g/mol. The minimum Gasteiger partial charge on any atom is -0.457 e. The second kappa shape index (κ2) is 16.5. The van der Waals surface area contributed by atoms with Crippen molar-refractivity contribution in [2.45, 2.75) is 106 Å². The SMILES string of the molecule is Cc1cc(C)c(B2c3ccccc3N(c3cc(C(C)(C)C)ccn3)c3cc(Oc4cccc(Nc5ccccc5Nc5c(C)cc(C(C)(C)C)cc5C(C)(C)C)c4)ccc32)c(C)c1. The number of ether oxygens (including phenoxy) is 1. The average Bonchev–Trinajstić information content (AvgIpc) is 3.20. The number of aryl methyl sites for hydroxylation is 4. The minimum atomic E-state index is -0.0497. The van der Waals surface area contributed by atoms with E-state index in [0.717, 1.165) is 51.4 Å². The van der Waals surface area contributed by atoms with Gasteiger partial charge < -0.3 is 15.4 Å². The number of para-hydroxylation sites is 3. The van der Waals surface area contributed by atoms with Crippen LogP contribution in [0, 0.1) is 27.7 Å². The van der Waals surface area contributed by atoms with Crippen molar-refractivity contribution in [3.63, 3.8) is 0 Å². The first-order valence-electron chi connectivity index (χ1n) is 22.4. The molecule has 1 aliphatic rings. The van der Waals surface area contributed by atoms with Gasteiger partial charge in [0.2, 0.25) is 6.71 Å². The maximum Gasteiger partial charge on any atom is 0.247 e. The molecule has 0 saturated heterocycles. The van der Waals surface area contributed by atoms with E-state index in [9.17, 15) is 0 Å². The van der Waals surface area contributed by atoms with Crippen molar-refractivity contribution in [2.24, 2.45) is 0 Å². The molecule has 2 heterocycles. The van der Waals surface area contributed by atoms with Crippen LogP contribution in [0.5, 0.6) is 11.5 Å². The number of fused-ring (bicyclic) bond motifs is 2. The van der Waals surface area contributed by atoms with E-state index >= 15 is 0 Å². The molecule has 0 atom stereocenters. The molecule has 8 rings (SSSR count). The summed E-state index contributed by atoms with van der Waals surface area (Å²) in [5, 5.41) is 7.57. The molecule has 7 aromatic rings. The Morgan fingerprint density at radius 1 is 0.524 bits per heavy atom. The zero-order valence-electron chi connectivity index (χ0n) is 39.6. The van der Waals surface area contributed by atoms with Crippen molar-refractivity contribution in [1.29, 1.82) is 0 Å². The summed E-state index contributed by atoms with van der Waals surface area (Å²) in [5.74, 6) is 2.38. The Kier molecular flexibility index (Phi) is 11.3. The second-order valence-corrected chi connectivity index (χ2v) is 20.7. The zero-order valence-corrected chi connectivity index (χ0v) is 39.6. The number of aromatic nitrogens is 1. The normalized spacial score (nSPS) is 12.8. The van der Waals surface area contributed by atoms with Gasteiger partial charge in [-0.05, 0) is 126 Å². The third-order valence-corrected chi connectivity index (χ3v) is 12.5. The van der Waals surface area contributed by atoms with E-state index < -0.39 is 0 Å². The molecular formula is C57H63BN4O. The highest BCUT2D eigenvalue weighted by molar-refractivity contribution is 6.98. The van der Waals surface area contributed by atoms with Crippen molar-refractivity contribution in [2.75, 3.05) is 15.5 Å². The van der Waals surface area contributed by atoms with Gasteiger partial charge in [-0.1, -0.05) is 151 Å². The summed E-state index contributed by atoms with van der Waals surface area (Å²) in [5.41, 5.74) is 19.0. The molecule has 0 fully saturated rings. The quantitative estimate of drug-likeness (QED) is 0.149. The van der Waals surface area contributed by atoms with Crippen LogP contribution in [-0.2, 0) is 16.2 Å². The van der Waals surface area contributed by atoms with Gasteiger partial charge in [0.1, 0.15) is 17.3 Å². The molecule has 6 aromatic carbocycles. The summed E-state index contributed by atoms with van der Waals surface area (Å²) in [4.78, 5) is 7.35. The van der Waals surface area contributed by atoms with Crippen LogP contribution < -0.4 is 36.7 Å². The fourth-order valence-electron chi connectivity index (χ4n) is 9.21. The number of hydrogen-bond acceptors (Lipinski definition) is 5. The molecule has 0 spiro atoms. The third-order valence-electron chi connectivity index (χ3n) is 12.5. The topological polar surface area (TPSA) is 49.4 Å². The minimum absolute atomic E-state index is 0.0359. The van der Waals surface area contributed by atoms with E-state index in [1.54, 1.807) is 0 Å². The highest BCUT2D eigenvalue weighted by atomic mass is 16.5. The molecule has 5 nitrogen and oxygen atoms in total. The summed E-state index contributed by atoms with van der Waals surface area (Å²) in [6, 6.07) is 45.7. The molecule has 320 valence electrons. The molecule has 0 amide bonds. The lowest BCUT2D eigenvalue weighted by Gasteiger charge is -2.37. The zero-order chi connectivity index (χ0) is 45.0. The molecule has 63 heavy (non-hydrogen) atoms. The number of pyridine rings is 1. The van der Waals surface area contributed by atoms with Crippen LogP contribution in [-0.4, -0.2) is 11.7 Å². The first kappa shape index (κ1) is 43.4. The maximum absolute atomic E-state index is 6.81. The van der Waals surface area contributed by atoms with Crippen LogP contribution in [0.4, 0.5) is 39.9 Å². The predicted molar refractivity (Wildman–Crippen MR) is 271 cm³/mol. The van der Waals surface area contributed by atoms with Crippen molar-refractivity contribution in [3.05, 3.63) is 173 Å². The standard InChI is InChI=1S/C57H63BN4O/c1-36-29-37(2)53(38(3)30-36)58-46-21-14-17-24-50(46)62(52-33-40(27-28-59-52)55(5,6)7)51-35-44(25-26-47(51)58)63-43-20-18-19-42(34-43)60-48-22-15-16-23-49(48)61-54-39(4)31-41(56(8,9)10)32-45(54)57(11,12)13/h14-35,60-61H,1-13H3. The smallest absolute Gasteiger partial charge is 0.247 e. The van der Waals surface area contributed by atoms with Crippen LogP contribution in [0.15, 0.2) is 134 Å². The van der Waals surface area contributed by atoms with Crippen molar-refractivity contribution in [1.82, 2.24) is 4.98 Å². The summed E-state index contributed by atoms with van der Waals surface area (Å²) in [6.07, 6.45) is 1.94. The summed E-state index contributed by atoms with van der Waals surface area (Å²) < 4.78 is 6.81. The van der Waals surface area contributed by atoms with E-state index in [0.29, 0.717) is 0 Å². The number of hydrogen-bond donors (Lipinski definition) is 2. The fourth-order valence-corrected chi connectivity index (χ4v) is 9.21. The fraction of sp³-hybridized carbons (Fsp3) is 0.281. The Hall–Kier alpha value is -6.27.